The van der Waals surface area contributed by atoms with Crippen LogP contribution in [0.25, 0.3) is 0 Å². The van der Waals surface area contributed by atoms with Crippen molar-refractivity contribution in [1.82, 2.24) is 19.8 Å². The lowest BCUT2D eigenvalue weighted by atomic mass is 10.2. The summed E-state index contributed by atoms with van der Waals surface area (Å²) in [6, 6.07) is 0.879. The van der Waals surface area contributed by atoms with E-state index in [2.05, 4.69) is 9.97 Å². The van der Waals surface area contributed by atoms with Crippen LogP contribution in [0.3, 0.4) is 0 Å². The largest absolute Gasteiger partial charge is 0.481 e. The molecular weight excluding hydrogens is 339 g/mol. The minimum Gasteiger partial charge on any atom is -0.481 e. The zero-order chi connectivity index (χ0) is 18.6. The highest BCUT2D eigenvalue weighted by Crippen LogP contribution is 2.19. The first-order valence-electron chi connectivity index (χ1n) is 7.88. The van der Waals surface area contributed by atoms with Gasteiger partial charge in [-0.25, -0.2) is 9.97 Å². The van der Waals surface area contributed by atoms with Crippen LogP contribution in [0.2, 0.25) is 0 Å². The second-order valence-electron chi connectivity index (χ2n) is 5.94. The molecule has 0 bridgehead atoms. The Labute approximate surface area is 144 Å². The van der Waals surface area contributed by atoms with Crippen molar-refractivity contribution in [2.75, 3.05) is 51.8 Å². The van der Waals surface area contributed by atoms with Crippen molar-refractivity contribution in [1.29, 1.82) is 0 Å². The molecule has 1 aliphatic heterocycles. The topological polar surface area (TPSA) is 61.8 Å². The molecule has 0 radical (unpaired) electrons. The fourth-order valence-electron chi connectivity index (χ4n) is 2.64. The highest BCUT2D eigenvalue weighted by molar-refractivity contribution is 5.81. The van der Waals surface area contributed by atoms with Gasteiger partial charge in [-0.1, -0.05) is 0 Å². The summed E-state index contributed by atoms with van der Waals surface area (Å²) >= 11 is 0. The van der Waals surface area contributed by atoms with E-state index in [4.69, 9.17) is 4.74 Å². The number of hydrogen-bond acceptors (Lipinski definition) is 6. The number of hydrogen-bond donors (Lipinski definition) is 0. The molecule has 0 spiro atoms. The Balaban J connectivity index is 1.91. The minimum absolute atomic E-state index is 0.299. The maximum absolute atomic E-state index is 12.5. The second kappa shape index (κ2) is 7.85. The highest BCUT2D eigenvalue weighted by Gasteiger charge is 2.34. The average Bonchev–Trinajstić information content (AvgIpc) is 2.59. The first-order chi connectivity index (χ1) is 11.7. The summed E-state index contributed by atoms with van der Waals surface area (Å²) in [4.78, 5) is 25.1. The predicted octanol–water partition coefficient (Wildman–Crippen LogP) is 1.02. The maximum Gasteiger partial charge on any atom is 0.401 e. The van der Waals surface area contributed by atoms with E-state index in [-0.39, 0.29) is 5.91 Å². The molecule has 1 aromatic rings. The van der Waals surface area contributed by atoms with E-state index in [1.807, 2.05) is 4.90 Å². The minimum atomic E-state index is -4.33. The van der Waals surface area contributed by atoms with E-state index >= 15 is 0 Å². The van der Waals surface area contributed by atoms with Gasteiger partial charge in [-0.05, 0) is 14.0 Å². The van der Waals surface area contributed by atoms with Crippen LogP contribution in [0.15, 0.2) is 12.4 Å². The van der Waals surface area contributed by atoms with E-state index in [1.165, 1.54) is 27.4 Å². The van der Waals surface area contributed by atoms with Crippen LogP contribution >= 0.6 is 0 Å². The summed E-state index contributed by atoms with van der Waals surface area (Å²) in [6.07, 6.45) is -2.92. The second-order valence-corrected chi connectivity index (χ2v) is 5.94. The Kier molecular flexibility index (Phi) is 6.04. The lowest BCUT2D eigenvalue weighted by Crippen LogP contribution is -2.54. The number of likely N-dealkylation sites (N-methyl/N-ethyl adjacent to an activating group) is 1. The molecule has 0 aromatic carbocycles. The zero-order valence-electron chi connectivity index (χ0n) is 14.5. The number of carbonyl (C=O) groups is 1. The monoisotopic (exact) mass is 361 g/mol. The zero-order valence-corrected chi connectivity index (χ0v) is 14.5. The maximum atomic E-state index is 12.5. The Morgan fingerprint density at radius 3 is 2.52 bits per heavy atom. The molecular formula is C15H22F3N5O2. The summed E-state index contributed by atoms with van der Waals surface area (Å²) in [5.41, 5.74) is 0. The van der Waals surface area contributed by atoms with Crippen molar-refractivity contribution in [3.63, 3.8) is 0 Å². The number of aromatic nitrogens is 2. The lowest BCUT2D eigenvalue weighted by molar-refractivity contribution is -0.154. The van der Waals surface area contributed by atoms with Crippen LogP contribution in [0.1, 0.15) is 6.92 Å². The number of carbonyl (C=O) groups excluding carboxylic acids is 1. The molecule has 1 unspecified atom stereocenters. The quantitative estimate of drug-likeness (QED) is 0.780. The van der Waals surface area contributed by atoms with Crippen LogP contribution in [-0.2, 0) is 4.79 Å². The molecule has 0 aliphatic carbocycles. The van der Waals surface area contributed by atoms with E-state index in [0.29, 0.717) is 37.9 Å². The molecule has 10 heteroatoms. The number of halogens is 3. The third kappa shape index (κ3) is 5.18. The standard InChI is InChI=1S/C15H22F3N5O2/c1-11(21(2)9-15(16,17)18)14(24)23-6-4-22(5-7-23)12-8-13(25-3)20-10-19-12/h8,10-11H,4-7,9H2,1-3H3. The van der Waals surface area contributed by atoms with Crippen LogP contribution in [0.4, 0.5) is 19.0 Å². The van der Waals surface area contributed by atoms with Crippen LogP contribution in [0, 0.1) is 0 Å². The number of amides is 1. The number of nitrogens with zero attached hydrogens (tertiary/aromatic N) is 5. The van der Waals surface area contributed by atoms with E-state index in [9.17, 15) is 18.0 Å². The van der Waals surface area contributed by atoms with Gasteiger partial charge in [-0.2, -0.15) is 13.2 Å². The number of rotatable bonds is 5. The van der Waals surface area contributed by atoms with Gasteiger partial charge < -0.3 is 14.5 Å². The molecule has 1 saturated heterocycles. The van der Waals surface area contributed by atoms with Crippen LogP contribution in [0.5, 0.6) is 5.88 Å². The third-order valence-electron chi connectivity index (χ3n) is 4.20. The van der Waals surface area contributed by atoms with Crippen molar-refractivity contribution in [2.45, 2.75) is 19.1 Å². The third-order valence-corrected chi connectivity index (χ3v) is 4.20. The molecule has 7 nitrogen and oxygen atoms in total. The summed E-state index contributed by atoms with van der Waals surface area (Å²) in [6.45, 7) is 2.32. The Morgan fingerprint density at radius 2 is 1.96 bits per heavy atom. The predicted molar refractivity (Wildman–Crippen MR) is 85.5 cm³/mol. The molecule has 1 aliphatic rings. The van der Waals surface area contributed by atoms with Crippen molar-refractivity contribution >= 4 is 11.7 Å². The van der Waals surface area contributed by atoms with Crippen LogP contribution < -0.4 is 9.64 Å². The summed E-state index contributed by atoms with van der Waals surface area (Å²) in [5.74, 6) is 0.846. The molecule has 0 saturated carbocycles. The summed E-state index contributed by atoms with van der Waals surface area (Å²) in [7, 11) is 2.82. The van der Waals surface area contributed by atoms with Gasteiger partial charge in [-0.3, -0.25) is 9.69 Å². The Hall–Kier alpha value is -2.10. The van der Waals surface area contributed by atoms with Crippen molar-refractivity contribution in [3.05, 3.63) is 12.4 Å². The van der Waals surface area contributed by atoms with Crippen molar-refractivity contribution < 1.29 is 22.7 Å². The molecule has 1 amide bonds. The number of anilines is 1. The molecule has 1 fully saturated rings. The van der Waals surface area contributed by atoms with Crippen molar-refractivity contribution in [2.24, 2.45) is 0 Å². The molecule has 25 heavy (non-hydrogen) atoms. The van der Waals surface area contributed by atoms with Gasteiger partial charge in [0.25, 0.3) is 0 Å². The van der Waals surface area contributed by atoms with Gasteiger partial charge in [0.15, 0.2) is 0 Å². The van der Waals surface area contributed by atoms with E-state index < -0.39 is 18.8 Å². The fourth-order valence-corrected chi connectivity index (χ4v) is 2.64. The molecule has 0 N–H and O–H groups in total. The number of alkyl halides is 3. The van der Waals surface area contributed by atoms with Gasteiger partial charge in [-0.15, -0.1) is 0 Å². The normalized spacial score (nSPS) is 16.9. The van der Waals surface area contributed by atoms with Gasteiger partial charge in [0.1, 0.15) is 12.1 Å². The highest BCUT2D eigenvalue weighted by atomic mass is 19.4. The molecule has 140 valence electrons. The fraction of sp³-hybridized carbons (Fsp3) is 0.667. The lowest BCUT2D eigenvalue weighted by Gasteiger charge is -2.38. The molecule has 1 atom stereocenters. The van der Waals surface area contributed by atoms with E-state index in [0.717, 1.165) is 4.90 Å². The van der Waals surface area contributed by atoms with Gasteiger partial charge in [0.05, 0.1) is 19.7 Å². The molecule has 2 rings (SSSR count). The summed E-state index contributed by atoms with van der Waals surface area (Å²) < 4.78 is 42.5. The van der Waals surface area contributed by atoms with Gasteiger partial charge in [0, 0.05) is 32.2 Å². The molecule has 2 heterocycles. The Bertz CT molecular complexity index is 591. The number of methoxy groups -OCH3 is 1. The number of piperazine rings is 1. The smallest absolute Gasteiger partial charge is 0.401 e. The average molecular weight is 361 g/mol. The van der Waals surface area contributed by atoms with E-state index in [1.54, 1.807) is 11.0 Å². The molecule has 1 aromatic heterocycles. The van der Waals surface area contributed by atoms with Gasteiger partial charge in [0.2, 0.25) is 11.8 Å². The summed E-state index contributed by atoms with van der Waals surface area (Å²) in [5, 5.41) is 0. The van der Waals surface area contributed by atoms with Gasteiger partial charge >= 0.3 is 6.18 Å². The van der Waals surface area contributed by atoms with Crippen molar-refractivity contribution in [3.8, 4) is 5.88 Å². The first kappa shape index (κ1) is 19.2. The van der Waals surface area contributed by atoms with Crippen LogP contribution in [-0.4, -0.2) is 84.8 Å². The number of ether oxygens (including phenoxy) is 1. The Morgan fingerprint density at radius 1 is 1.32 bits per heavy atom. The first-order valence-corrected chi connectivity index (χ1v) is 7.88. The SMILES string of the molecule is COc1cc(N2CCN(C(=O)C(C)N(C)CC(F)(F)F)CC2)ncn1.